The van der Waals surface area contributed by atoms with Crippen LogP contribution in [0.15, 0.2) is 0 Å². The molecule has 0 saturated carbocycles. The van der Waals surface area contributed by atoms with Crippen molar-refractivity contribution in [1.29, 1.82) is 0 Å². The number of hydrogen-bond donors (Lipinski definition) is 6. The van der Waals surface area contributed by atoms with E-state index in [1.165, 1.54) is 4.31 Å². The third-order valence-corrected chi connectivity index (χ3v) is 7.55. The SMILES string of the molecule is CN1CCN(S(=O)(=O)N2C[C@H](CCCB(O)O)[C@](N)(C(=O)O)C2)CC1.O=C(O)C(F)(F)F.O=C(O)C(F)(F)F. The Balaban J connectivity index is 0.000000848. The van der Waals surface area contributed by atoms with Crippen LogP contribution in [-0.4, -0.2) is 137 Å². The Kier molecular flexibility index (Phi) is 13.6. The minimum atomic E-state index is -5.08. The van der Waals surface area contributed by atoms with Crippen molar-refractivity contribution in [3.8, 4) is 0 Å². The summed E-state index contributed by atoms with van der Waals surface area (Å²) in [7, 11) is -3.32. The molecule has 22 heteroatoms. The molecule has 2 atom stereocenters. The van der Waals surface area contributed by atoms with Crippen molar-refractivity contribution < 1.29 is 74.5 Å². The van der Waals surface area contributed by atoms with E-state index in [0.717, 1.165) is 4.31 Å². The summed E-state index contributed by atoms with van der Waals surface area (Å²) in [6.07, 6.45) is -9.40. The molecule has 14 nitrogen and oxygen atoms in total. The van der Waals surface area contributed by atoms with Crippen molar-refractivity contribution in [1.82, 2.24) is 13.5 Å². The molecule has 2 rings (SSSR count). The lowest BCUT2D eigenvalue weighted by Gasteiger charge is -2.34. The fraction of sp³-hybridized carbons (Fsp3) is 0.824. The molecule has 228 valence electrons. The summed E-state index contributed by atoms with van der Waals surface area (Å²) in [6, 6.07) is 0. The molecule has 0 spiro atoms. The minimum absolute atomic E-state index is 0.0268. The number of likely N-dealkylation sites (N-methyl/N-ethyl adjacent to an activating group) is 1. The fourth-order valence-electron chi connectivity index (χ4n) is 3.39. The van der Waals surface area contributed by atoms with E-state index in [-0.39, 0.29) is 19.4 Å². The monoisotopic (exact) mass is 606 g/mol. The molecular formula is C17H29BF6N4O10S. The Morgan fingerprint density at radius 3 is 1.67 bits per heavy atom. The number of piperazine rings is 1. The number of carboxylic acid groups (broad SMARTS) is 3. The van der Waals surface area contributed by atoms with Crippen molar-refractivity contribution in [2.45, 2.75) is 37.1 Å². The van der Waals surface area contributed by atoms with Gasteiger partial charge in [0.05, 0.1) is 0 Å². The predicted octanol–water partition coefficient (Wildman–Crippen LogP) is -1.29. The highest BCUT2D eigenvalue weighted by Crippen LogP contribution is 2.33. The van der Waals surface area contributed by atoms with Crippen LogP contribution < -0.4 is 5.73 Å². The lowest BCUT2D eigenvalue weighted by molar-refractivity contribution is -0.193. The number of carbonyl (C=O) groups is 3. The first-order chi connectivity index (χ1) is 17.5. The molecule has 0 unspecified atom stereocenters. The van der Waals surface area contributed by atoms with Crippen molar-refractivity contribution in [3.05, 3.63) is 0 Å². The smallest absolute Gasteiger partial charge is 0.480 e. The normalized spacial score (nSPS) is 23.2. The fourth-order valence-corrected chi connectivity index (χ4v) is 5.09. The van der Waals surface area contributed by atoms with E-state index in [1.807, 2.05) is 11.9 Å². The third-order valence-electron chi connectivity index (χ3n) is 5.60. The topological polar surface area (TPSA) is 222 Å². The van der Waals surface area contributed by atoms with E-state index in [4.69, 9.17) is 35.6 Å². The van der Waals surface area contributed by atoms with Crippen LogP contribution in [0, 0.1) is 5.92 Å². The third kappa shape index (κ3) is 11.8. The number of aliphatic carboxylic acids is 3. The van der Waals surface area contributed by atoms with Gasteiger partial charge in [-0.3, -0.25) is 4.79 Å². The maximum Gasteiger partial charge on any atom is 0.490 e. The first kappa shape index (κ1) is 36.8. The summed E-state index contributed by atoms with van der Waals surface area (Å²) in [5.74, 6) is -7.33. The number of carboxylic acids is 3. The van der Waals surface area contributed by atoms with Crippen LogP contribution in [0.4, 0.5) is 26.3 Å². The van der Waals surface area contributed by atoms with Crippen LogP contribution >= 0.6 is 0 Å². The van der Waals surface area contributed by atoms with Gasteiger partial charge in [-0.05, 0) is 19.8 Å². The number of halogens is 6. The summed E-state index contributed by atoms with van der Waals surface area (Å²) in [4.78, 5) is 31.5. The van der Waals surface area contributed by atoms with E-state index in [2.05, 4.69) is 0 Å². The summed E-state index contributed by atoms with van der Waals surface area (Å²) in [5.41, 5.74) is 4.38. The molecule has 2 aliphatic rings. The molecule has 2 aliphatic heterocycles. The lowest BCUT2D eigenvalue weighted by atomic mass is 9.78. The molecule has 0 aromatic rings. The minimum Gasteiger partial charge on any atom is -0.480 e. The van der Waals surface area contributed by atoms with Gasteiger partial charge in [0.1, 0.15) is 5.54 Å². The zero-order valence-electron chi connectivity index (χ0n) is 20.4. The summed E-state index contributed by atoms with van der Waals surface area (Å²) >= 11 is 0. The van der Waals surface area contributed by atoms with Gasteiger partial charge in [0.15, 0.2) is 0 Å². The zero-order chi connectivity index (χ0) is 31.0. The van der Waals surface area contributed by atoms with Gasteiger partial charge in [0, 0.05) is 45.2 Å². The number of alkyl halides is 6. The first-order valence-corrected chi connectivity index (χ1v) is 12.3. The Bertz CT molecular complexity index is 923. The first-order valence-electron chi connectivity index (χ1n) is 10.9. The van der Waals surface area contributed by atoms with Gasteiger partial charge < -0.3 is 36.0 Å². The largest absolute Gasteiger partial charge is 0.490 e. The second-order valence-electron chi connectivity index (χ2n) is 8.56. The van der Waals surface area contributed by atoms with Gasteiger partial charge in [-0.1, -0.05) is 6.42 Å². The van der Waals surface area contributed by atoms with Crippen molar-refractivity contribution >= 4 is 35.2 Å². The molecule has 0 bridgehead atoms. The van der Waals surface area contributed by atoms with Crippen molar-refractivity contribution in [3.63, 3.8) is 0 Å². The molecule has 39 heavy (non-hydrogen) atoms. The van der Waals surface area contributed by atoms with E-state index >= 15 is 0 Å². The number of nitrogens with two attached hydrogens (primary N) is 1. The van der Waals surface area contributed by atoms with E-state index < -0.39 is 59.0 Å². The highest BCUT2D eigenvalue weighted by molar-refractivity contribution is 7.86. The quantitative estimate of drug-likeness (QED) is 0.147. The summed E-state index contributed by atoms with van der Waals surface area (Å²) in [5, 5.41) is 41.6. The van der Waals surface area contributed by atoms with Gasteiger partial charge in [-0.2, -0.15) is 43.4 Å². The van der Waals surface area contributed by atoms with Crippen molar-refractivity contribution in [2.75, 3.05) is 46.3 Å². The number of nitrogens with zero attached hydrogens (tertiary/aromatic N) is 3. The maximum atomic E-state index is 12.8. The molecule has 0 aromatic carbocycles. The van der Waals surface area contributed by atoms with Gasteiger partial charge in [-0.15, -0.1) is 0 Å². The van der Waals surface area contributed by atoms with Crippen molar-refractivity contribution in [2.24, 2.45) is 11.7 Å². The predicted molar refractivity (Wildman–Crippen MR) is 119 cm³/mol. The Morgan fingerprint density at radius 1 is 0.923 bits per heavy atom. The van der Waals surface area contributed by atoms with E-state index in [0.29, 0.717) is 39.0 Å². The van der Waals surface area contributed by atoms with Crippen LogP contribution in [0.1, 0.15) is 12.8 Å². The molecule has 0 radical (unpaired) electrons. The van der Waals surface area contributed by atoms with Crippen LogP contribution in [0.3, 0.4) is 0 Å². The molecule has 7 N–H and O–H groups in total. The van der Waals surface area contributed by atoms with Gasteiger partial charge in [0.25, 0.3) is 10.2 Å². The lowest BCUT2D eigenvalue weighted by Crippen LogP contribution is -2.56. The van der Waals surface area contributed by atoms with Crippen LogP contribution in [0.2, 0.25) is 6.32 Å². The Labute approximate surface area is 218 Å². The molecule has 0 aliphatic carbocycles. The summed E-state index contributed by atoms with van der Waals surface area (Å²) < 4.78 is 91.7. The highest BCUT2D eigenvalue weighted by atomic mass is 32.2. The van der Waals surface area contributed by atoms with Crippen LogP contribution in [0.5, 0.6) is 0 Å². The van der Waals surface area contributed by atoms with Crippen LogP contribution in [0.25, 0.3) is 0 Å². The molecule has 0 amide bonds. The van der Waals surface area contributed by atoms with Crippen LogP contribution in [-0.2, 0) is 24.6 Å². The second-order valence-corrected chi connectivity index (χ2v) is 10.5. The molecule has 2 fully saturated rings. The average molecular weight is 606 g/mol. The van der Waals surface area contributed by atoms with Gasteiger partial charge in [-0.25, -0.2) is 9.59 Å². The molecule has 0 aromatic heterocycles. The second kappa shape index (κ2) is 14.4. The average Bonchev–Trinajstić information content (AvgIpc) is 3.12. The number of rotatable bonds is 7. The maximum absolute atomic E-state index is 12.8. The van der Waals surface area contributed by atoms with E-state index in [1.54, 1.807) is 0 Å². The standard InChI is InChI=1S/C13H27BN4O6S.2C2HF3O2/c1-16-5-7-17(8-6-16)25(23,24)18-9-11(3-2-4-14(21)22)13(15,10-18)12(19)20;2*3-2(4,5)1(6)7/h11,21-22H,2-10,15H2,1H3,(H,19,20);2*(H,6,7)/t11-,13-;;/m0../s1. The molecule has 2 heterocycles. The van der Waals surface area contributed by atoms with Gasteiger partial charge in [0.2, 0.25) is 0 Å². The number of hydrogen-bond acceptors (Lipinski definition) is 9. The summed E-state index contributed by atoms with van der Waals surface area (Å²) in [6.45, 7) is 1.72. The Morgan fingerprint density at radius 2 is 1.33 bits per heavy atom. The molecule has 2 saturated heterocycles. The molecular weight excluding hydrogens is 577 g/mol. The zero-order valence-corrected chi connectivity index (χ0v) is 21.2. The van der Waals surface area contributed by atoms with Gasteiger partial charge >= 0.3 is 37.4 Å². The van der Waals surface area contributed by atoms with E-state index in [9.17, 15) is 44.7 Å². The highest BCUT2D eigenvalue weighted by Gasteiger charge is 2.53. The Hall–Kier alpha value is -2.24.